The van der Waals surface area contributed by atoms with E-state index in [0.717, 1.165) is 6.04 Å². The summed E-state index contributed by atoms with van der Waals surface area (Å²) in [4.78, 5) is 0. The van der Waals surface area contributed by atoms with Gasteiger partial charge >= 0.3 is 0 Å². The zero-order chi connectivity index (χ0) is 7.61. The molecule has 1 nitrogen and oxygen atoms in total. The largest absolute Gasteiger partial charge is 1.00 e. The van der Waals surface area contributed by atoms with Gasteiger partial charge in [-0.05, 0) is 20.8 Å². The van der Waals surface area contributed by atoms with Crippen LogP contribution in [0.4, 0.5) is 0 Å². The van der Waals surface area contributed by atoms with Crippen LogP contribution in [0.3, 0.4) is 0 Å². The number of rotatable bonds is 4. The van der Waals surface area contributed by atoms with Crippen molar-refractivity contribution in [2.45, 2.75) is 39.7 Å². The molecule has 1 aliphatic rings. The van der Waals surface area contributed by atoms with Gasteiger partial charge in [-0.15, -0.1) is 0 Å². The highest BCUT2D eigenvalue weighted by molar-refractivity contribution is 4.74. The lowest BCUT2D eigenvalue weighted by atomic mass is 10.3. The summed E-state index contributed by atoms with van der Waals surface area (Å²) in [5.41, 5.74) is 0. The fourth-order valence-corrected chi connectivity index (χ4v) is 2.07. The maximum absolute atomic E-state index is 2.32. The van der Waals surface area contributed by atoms with Crippen molar-refractivity contribution in [3.05, 3.63) is 0 Å². The van der Waals surface area contributed by atoms with Crippen LogP contribution in [-0.2, 0) is 0 Å². The predicted octanol–water partition coefficient (Wildman–Crippen LogP) is -0.971. The van der Waals surface area contributed by atoms with Crippen LogP contribution >= 0.6 is 0 Å². The molecule has 0 aromatic carbocycles. The quantitative estimate of drug-likeness (QED) is 0.537. The van der Waals surface area contributed by atoms with Gasteiger partial charge < -0.3 is 21.5 Å². The lowest BCUT2D eigenvalue weighted by Crippen LogP contribution is -3.00. The van der Waals surface area contributed by atoms with E-state index < -0.39 is 0 Å². The first kappa shape index (κ1) is 11.4. The zero-order valence-corrected chi connectivity index (χ0v) is 9.52. The average Bonchev–Trinajstić information content (AvgIpc) is 2.77. The van der Waals surface area contributed by atoms with Gasteiger partial charge in [0.2, 0.25) is 0 Å². The summed E-state index contributed by atoms with van der Waals surface area (Å²) < 4.78 is 1.38. The van der Waals surface area contributed by atoms with E-state index in [1.54, 1.807) is 0 Å². The summed E-state index contributed by atoms with van der Waals surface area (Å²) in [6.07, 6.45) is 2.96. The number of quaternary nitrogens is 1. The first-order valence-corrected chi connectivity index (χ1v) is 4.64. The van der Waals surface area contributed by atoms with Gasteiger partial charge in [0.05, 0.1) is 25.7 Å². The van der Waals surface area contributed by atoms with Crippen molar-refractivity contribution in [1.29, 1.82) is 0 Å². The molecule has 0 bridgehead atoms. The van der Waals surface area contributed by atoms with Crippen LogP contribution in [0.5, 0.6) is 0 Å². The second-order valence-corrected chi connectivity index (χ2v) is 3.40. The summed E-state index contributed by atoms with van der Waals surface area (Å²) in [6, 6.07) is 1.03. The van der Waals surface area contributed by atoms with Crippen LogP contribution in [0.15, 0.2) is 0 Å². The molecule has 0 amide bonds. The van der Waals surface area contributed by atoms with Gasteiger partial charge in [0, 0.05) is 12.8 Å². The molecule has 0 atom stereocenters. The molecule has 1 saturated carbocycles. The Morgan fingerprint density at radius 2 is 1.36 bits per heavy atom. The standard InChI is InChI=1S/C9H20N.BrH/c1-4-10(5-2,6-3)9-7-8-9;/h9H,4-8H2,1-3H3;1H/q+1;/p-1. The van der Waals surface area contributed by atoms with E-state index in [0.29, 0.717) is 0 Å². The third-order valence-electron chi connectivity index (χ3n) is 3.21. The van der Waals surface area contributed by atoms with Gasteiger partial charge in [-0.3, -0.25) is 0 Å². The molecule has 0 aliphatic heterocycles. The van der Waals surface area contributed by atoms with E-state index in [1.165, 1.54) is 37.0 Å². The van der Waals surface area contributed by atoms with E-state index >= 15 is 0 Å². The topological polar surface area (TPSA) is 0 Å². The van der Waals surface area contributed by atoms with Gasteiger partial charge in [0.15, 0.2) is 0 Å². The summed E-state index contributed by atoms with van der Waals surface area (Å²) >= 11 is 0. The Morgan fingerprint density at radius 1 is 1.00 bits per heavy atom. The van der Waals surface area contributed by atoms with Crippen LogP contribution in [0, 0.1) is 0 Å². The molecule has 68 valence electrons. The average molecular weight is 222 g/mol. The third-order valence-corrected chi connectivity index (χ3v) is 3.21. The third kappa shape index (κ3) is 2.19. The molecule has 0 aromatic heterocycles. The minimum atomic E-state index is 0. The van der Waals surface area contributed by atoms with Crippen molar-refractivity contribution < 1.29 is 21.5 Å². The van der Waals surface area contributed by atoms with Crippen LogP contribution < -0.4 is 17.0 Å². The molecule has 0 N–H and O–H groups in total. The lowest BCUT2D eigenvalue weighted by molar-refractivity contribution is -0.933. The Hall–Kier alpha value is 0.440. The Bertz CT molecular complexity index is 97.9. The molecule has 0 spiro atoms. The summed E-state index contributed by atoms with van der Waals surface area (Å²) in [5.74, 6) is 0. The smallest absolute Gasteiger partial charge is 0.0894 e. The van der Waals surface area contributed by atoms with Crippen LogP contribution in [0.2, 0.25) is 0 Å². The SMILES string of the molecule is CC[N+](CC)(CC)C1CC1.[Br-]. The fraction of sp³-hybridized carbons (Fsp3) is 1.00. The van der Waals surface area contributed by atoms with Crippen molar-refractivity contribution in [1.82, 2.24) is 0 Å². The number of hydrogen-bond acceptors (Lipinski definition) is 0. The van der Waals surface area contributed by atoms with E-state index in [9.17, 15) is 0 Å². The van der Waals surface area contributed by atoms with Crippen molar-refractivity contribution in [3.8, 4) is 0 Å². The monoisotopic (exact) mass is 221 g/mol. The molecule has 0 aromatic rings. The van der Waals surface area contributed by atoms with Crippen molar-refractivity contribution in [2.75, 3.05) is 19.6 Å². The van der Waals surface area contributed by atoms with Crippen LogP contribution in [-0.4, -0.2) is 30.2 Å². The Balaban J connectivity index is 0.000001000. The van der Waals surface area contributed by atoms with Crippen molar-refractivity contribution in [2.24, 2.45) is 0 Å². The Morgan fingerprint density at radius 3 is 1.45 bits per heavy atom. The van der Waals surface area contributed by atoms with E-state index in [-0.39, 0.29) is 17.0 Å². The second kappa shape index (κ2) is 4.46. The van der Waals surface area contributed by atoms with Gasteiger partial charge in [-0.1, -0.05) is 0 Å². The van der Waals surface area contributed by atoms with Crippen molar-refractivity contribution >= 4 is 0 Å². The molecule has 2 heteroatoms. The molecule has 11 heavy (non-hydrogen) atoms. The number of hydrogen-bond donors (Lipinski definition) is 0. The number of nitrogens with zero attached hydrogens (tertiary/aromatic N) is 1. The van der Waals surface area contributed by atoms with Gasteiger partial charge in [-0.25, -0.2) is 0 Å². The predicted molar refractivity (Wildman–Crippen MR) is 44.9 cm³/mol. The first-order valence-electron chi connectivity index (χ1n) is 4.64. The fourth-order valence-electron chi connectivity index (χ4n) is 2.07. The van der Waals surface area contributed by atoms with Gasteiger partial charge in [0.1, 0.15) is 0 Å². The minimum Gasteiger partial charge on any atom is -1.00 e. The van der Waals surface area contributed by atoms with Crippen LogP contribution in [0.25, 0.3) is 0 Å². The molecule has 1 aliphatic carbocycles. The summed E-state index contributed by atoms with van der Waals surface area (Å²) in [5, 5.41) is 0. The summed E-state index contributed by atoms with van der Waals surface area (Å²) in [7, 11) is 0. The maximum Gasteiger partial charge on any atom is 0.0894 e. The molecule has 0 unspecified atom stereocenters. The molecular weight excluding hydrogens is 202 g/mol. The molecule has 0 radical (unpaired) electrons. The maximum atomic E-state index is 2.32. The van der Waals surface area contributed by atoms with E-state index in [1.807, 2.05) is 0 Å². The number of halogens is 1. The minimum absolute atomic E-state index is 0. The normalized spacial score (nSPS) is 17.7. The van der Waals surface area contributed by atoms with E-state index in [2.05, 4.69) is 20.8 Å². The molecular formula is C9H20BrN. The van der Waals surface area contributed by atoms with Crippen molar-refractivity contribution in [3.63, 3.8) is 0 Å². The molecule has 0 heterocycles. The van der Waals surface area contributed by atoms with Gasteiger partial charge in [-0.2, -0.15) is 0 Å². The second-order valence-electron chi connectivity index (χ2n) is 3.40. The Labute approximate surface area is 81.1 Å². The van der Waals surface area contributed by atoms with Gasteiger partial charge in [0.25, 0.3) is 0 Å². The summed E-state index contributed by atoms with van der Waals surface area (Å²) in [6.45, 7) is 11.0. The Kier molecular flexibility index (Phi) is 4.64. The van der Waals surface area contributed by atoms with E-state index in [4.69, 9.17) is 0 Å². The highest BCUT2D eigenvalue weighted by atomic mass is 79.9. The highest BCUT2D eigenvalue weighted by Crippen LogP contribution is 2.33. The molecule has 1 fully saturated rings. The first-order chi connectivity index (χ1) is 4.79. The van der Waals surface area contributed by atoms with Crippen LogP contribution in [0.1, 0.15) is 33.6 Å². The molecule has 1 rings (SSSR count). The highest BCUT2D eigenvalue weighted by Gasteiger charge is 2.40. The lowest BCUT2D eigenvalue weighted by Gasteiger charge is -2.36. The molecule has 0 saturated heterocycles. The zero-order valence-electron chi connectivity index (χ0n) is 7.94.